The summed E-state index contributed by atoms with van der Waals surface area (Å²) in [7, 11) is -2.02. The van der Waals surface area contributed by atoms with Crippen molar-refractivity contribution < 1.29 is 13.2 Å². The second-order valence-electron chi connectivity index (χ2n) is 6.39. The number of unbranched alkanes of at least 4 members (excludes halogenated alkanes) is 1. The Morgan fingerprint density at radius 3 is 2.52 bits per heavy atom. The Labute approximate surface area is 183 Å². The lowest BCUT2D eigenvalue weighted by Gasteiger charge is -2.16. The molecule has 0 atom stereocenters. The van der Waals surface area contributed by atoms with Gasteiger partial charge in [-0.3, -0.25) is 10.1 Å². The summed E-state index contributed by atoms with van der Waals surface area (Å²) in [5.74, 6) is -0.394. The van der Waals surface area contributed by atoms with Gasteiger partial charge < -0.3 is 0 Å². The number of anilines is 1. The molecule has 0 radical (unpaired) electrons. The molecule has 1 heterocycles. The molecule has 0 unspecified atom stereocenters. The third-order valence-corrected chi connectivity index (χ3v) is 7.93. The third-order valence-electron chi connectivity index (χ3n) is 4.32. The number of hydrogen-bond acceptors (Lipinski definition) is 5. The fourth-order valence-corrected chi connectivity index (χ4v) is 5.11. The van der Waals surface area contributed by atoms with Gasteiger partial charge in [0, 0.05) is 19.2 Å². The number of carbonyl (C=O) groups is 1. The molecule has 0 saturated carbocycles. The van der Waals surface area contributed by atoms with Crippen LogP contribution >= 0.6 is 34.5 Å². The number of amides is 1. The number of rotatable bonds is 7. The molecule has 10 heteroatoms. The van der Waals surface area contributed by atoms with Crippen molar-refractivity contribution in [2.75, 3.05) is 18.9 Å². The van der Waals surface area contributed by atoms with E-state index in [1.165, 1.54) is 39.9 Å². The van der Waals surface area contributed by atoms with E-state index in [0.29, 0.717) is 32.8 Å². The van der Waals surface area contributed by atoms with Crippen molar-refractivity contribution in [1.82, 2.24) is 9.29 Å². The molecule has 0 fully saturated rings. The lowest BCUT2D eigenvalue weighted by molar-refractivity contribution is 0.102. The van der Waals surface area contributed by atoms with Gasteiger partial charge >= 0.3 is 0 Å². The van der Waals surface area contributed by atoms with Gasteiger partial charge in [0.05, 0.1) is 19.6 Å². The molecule has 0 spiro atoms. The zero-order chi connectivity index (χ0) is 21.2. The van der Waals surface area contributed by atoms with Crippen molar-refractivity contribution in [2.24, 2.45) is 0 Å². The Morgan fingerprint density at radius 1 is 1.17 bits per heavy atom. The van der Waals surface area contributed by atoms with Crippen molar-refractivity contribution >= 4 is 65.8 Å². The van der Waals surface area contributed by atoms with Gasteiger partial charge in [0.15, 0.2) is 5.13 Å². The lowest BCUT2D eigenvalue weighted by Crippen LogP contribution is -2.28. The third kappa shape index (κ3) is 4.73. The average Bonchev–Trinajstić information content (AvgIpc) is 3.12. The number of fused-ring (bicyclic) bond motifs is 1. The Hall–Kier alpha value is -1.71. The first-order valence-corrected chi connectivity index (χ1v) is 11.9. The maximum Gasteiger partial charge on any atom is 0.257 e. The molecule has 29 heavy (non-hydrogen) atoms. The Kier molecular flexibility index (Phi) is 6.80. The van der Waals surface area contributed by atoms with Gasteiger partial charge in [0.1, 0.15) is 5.52 Å². The van der Waals surface area contributed by atoms with Crippen LogP contribution in [-0.4, -0.2) is 37.2 Å². The highest BCUT2D eigenvalue weighted by Crippen LogP contribution is 2.35. The molecular formula is C19H19Cl2N3O3S2. The van der Waals surface area contributed by atoms with E-state index in [1.54, 1.807) is 19.2 Å². The minimum atomic E-state index is -3.57. The quantitative estimate of drug-likeness (QED) is 0.508. The van der Waals surface area contributed by atoms with Crippen LogP contribution in [0.1, 0.15) is 30.1 Å². The van der Waals surface area contributed by atoms with E-state index < -0.39 is 15.9 Å². The number of carbonyl (C=O) groups excluding carboxylic acids is 1. The maximum atomic E-state index is 12.6. The monoisotopic (exact) mass is 471 g/mol. The van der Waals surface area contributed by atoms with Crippen LogP contribution in [0, 0.1) is 0 Å². The molecule has 154 valence electrons. The van der Waals surface area contributed by atoms with Gasteiger partial charge in [-0.2, -0.15) is 0 Å². The van der Waals surface area contributed by atoms with Gasteiger partial charge in [-0.1, -0.05) is 47.9 Å². The van der Waals surface area contributed by atoms with Gasteiger partial charge in [0.2, 0.25) is 10.0 Å². The summed E-state index contributed by atoms with van der Waals surface area (Å²) in [6, 6.07) is 9.28. The van der Waals surface area contributed by atoms with Crippen molar-refractivity contribution in [3.05, 3.63) is 52.0 Å². The van der Waals surface area contributed by atoms with E-state index in [4.69, 9.17) is 23.2 Å². The summed E-state index contributed by atoms with van der Waals surface area (Å²) in [5, 5.41) is 3.82. The minimum absolute atomic E-state index is 0.147. The number of benzene rings is 2. The summed E-state index contributed by atoms with van der Waals surface area (Å²) in [4.78, 5) is 17.0. The minimum Gasteiger partial charge on any atom is -0.298 e. The molecule has 0 aliphatic rings. The zero-order valence-corrected chi connectivity index (χ0v) is 18.9. The Morgan fingerprint density at radius 2 is 1.86 bits per heavy atom. The molecule has 0 bridgehead atoms. The molecule has 0 saturated heterocycles. The van der Waals surface area contributed by atoms with Crippen LogP contribution in [0.3, 0.4) is 0 Å². The summed E-state index contributed by atoms with van der Waals surface area (Å²) < 4.78 is 27.2. The van der Waals surface area contributed by atoms with Crippen LogP contribution in [0.15, 0.2) is 41.3 Å². The molecule has 1 amide bonds. The summed E-state index contributed by atoms with van der Waals surface area (Å²) in [6.45, 7) is 2.45. The van der Waals surface area contributed by atoms with Gasteiger partial charge in [-0.05, 0) is 42.8 Å². The number of nitrogens with zero attached hydrogens (tertiary/aromatic N) is 2. The van der Waals surface area contributed by atoms with E-state index in [9.17, 15) is 13.2 Å². The number of sulfonamides is 1. The van der Waals surface area contributed by atoms with Crippen LogP contribution in [0.4, 0.5) is 5.13 Å². The molecule has 0 aliphatic carbocycles. The van der Waals surface area contributed by atoms with E-state index in [-0.39, 0.29) is 4.90 Å². The first kappa shape index (κ1) is 22.0. The van der Waals surface area contributed by atoms with Crippen LogP contribution in [0.25, 0.3) is 10.2 Å². The van der Waals surface area contributed by atoms with Crippen molar-refractivity contribution in [1.29, 1.82) is 0 Å². The predicted molar refractivity (Wildman–Crippen MR) is 119 cm³/mol. The first-order chi connectivity index (χ1) is 13.7. The number of hydrogen-bond donors (Lipinski definition) is 1. The second-order valence-corrected chi connectivity index (χ2v) is 10.2. The Balaban J connectivity index is 1.76. The van der Waals surface area contributed by atoms with E-state index in [1.807, 2.05) is 6.92 Å². The molecular weight excluding hydrogens is 453 g/mol. The molecule has 3 rings (SSSR count). The average molecular weight is 472 g/mol. The van der Waals surface area contributed by atoms with Crippen LogP contribution < -0.4 is 5.32 Å². The number of halogens is 2. The standard InChI is InChI=1S/C19H19Cl2N3O3S2/c1-3-4-11-24(2)29(26,27)13-7-5-12(6-8-13)18(25)23-19-22-17-15(28-19)10-9-14(20)16(17)21/h5-10H,3-4,11H2,1-2H3,(H,22,23,25). The molecule has 1 aromatic heterocycles. The lowest BCUT2D eigenvalue weighted by atomic mass is 10.2. The Bertz CT molecular complexity index is 1150. The van der Waals surface area contributed by atoms with Crippen molar-refractivity contribution in [3.63, 3.8) is 0 Å². The van der Waals surface area contributed by atoms with Gasteiger partial charge in [-0.15, -0.1) is 0 Å². The number of thiazole rings is 1. The highest BCUT2D eigenvalue weighted by Gasteiger charge is 2.21. The van der Waals surface area contributed by atoms with Gasteiger partial charge in [0.25, 0.3) is 5.91 Å². The summed E-state index contributed by atoms with van der Waals surface area (Å²) in [5.41, 5.74) is 0.847. The zero-order valence-electron chi connectivity index (χ0n) is 15.8. The fraction of sp³-hybridized carbons (Fsp3) is 0.263. The van der Waals surface area contributed by atoms with Gasteiger partial charge in [-0.25, -0.2) is 17.7 Å². The predicted octanol–water partition coefficient (Wildman–Crippen LogP) is 5.28. The highest BCUT2D eigenvalue weighted by molar-refractivity contribution is 7.89. The number of nitrogens with one attached hydrogen (secondary N) is 1. The molecule has 1 N–H and O–H groups in total. The van der Waals surface area contributed by atoms with Crippen molar-refractivity contribution in [2.45, 2.75) is 24.7 Å². The van der Waals surface area contributed by atoms with Crippen LogP contribution in [-0.2, 0) is 10.0 Å². The van der Waals surface area contributed by atoms with E-state index >= 15 is 0 Å². The normalized spacial score (nSPS) is 11.9. The highest BCUT2D eigenvalue weighted by atomic mass is 35.5. The number of aromatic nitrogens is 1. The maximum absolute atomic E-state index is 12.6. The van der Waals surface area contributed by atoms with E-state index in [2.05, 4.69) is 10.3 Å². The van der Waals surface area contributed by atoms with Crippen molar-refractivity contribution in [3.8, 4) is 0 Å². The molecule has 0 aliphatic heterocycles. The topological polar surface area (TPSA) is 79.4 Å². The molecule has 2 aromatic carbocycles. The second kappa shape index (κ2) is 8.97. The van der Waals surface area contributed by atoms with Crippen LogP contribution in [0.2, 0.25) is 10.0 Å². The first-order valence-electron chi connectivity index (χ1n) is 8.86. The SMILES string of the molecule is CCCCN(C)S(=O)(=O)c1ccc(C(=O)Nc2nc3c(Cl)c(Cl)ccc3s2)cc1. The summed E-state index contributed by atoms with van der Waals surface area (Å²) in [6.07, 6.45) is 1.69. The summed E-state index contributed by atoms with van der Waals surface area (Å²) >= 11 is 13.4. The largest absolute Gasteiger partial charge is 0.298 e. The molecule has 3 aromatic rings. The molecule has 6 nitrogen and oxygen atoms in total. The van der Waals surface area contributed by atoms with E-state index in [0.717, 1.165) is 17.5 Å². The smallest absolute Gasteiger partial charge is 0.257 e. The van der Waals surface area contributed by atoms with Crippen LogP contribution in [0.5, 0.6) is 0 Å². The fourth-order valence-electron chi connectivity index (χ4n) is 2.62.